The molecular formula is C17H18N4O4. The Morgan fingerprint density at radius 2 is 1.96 bits per heavy atom. The number of amides is 1. The number of benzene rings is 2. The van der Waals surface area contributed by atoms with Gasteiger partial charge in [-0.1, -0.05) is 6.07 Å². The van der Waals surface area contributed by atoms with Crippen LogP contribution in [0.3, 0.4) is 0 Å². The lowest BCUT2D eigenvalue weighted by Crippen LogP contribution is -2.26. The van der Waals surface area contributed by atoms with Crippen molar-refractivity contribution in [2.75, 3.05) is 19.0 Å². The van der Waals surface area contributed by atoms with Gasteiger partial charge in [-0.3, -0.25) is 14.9 Å². The highest BCUT2D eigenvalue weighted by Crippen LogP contribution is 2.16. The van der Waals surface area contributed by atoms with Gasteiger partial charge in [-0.15, -0.1) is 0 Å². The van der Waals surface area contributed by atoms with Gasteiger partial charge in [-0.05, 0) is 36.8 Å². The number of rotatable bonds is 7. The number of carbonyl (C=O) groups is 1. The van der Waals surface area contributed by atoms with Crippen LogP contribution in [0, 0.1) is 10.1 Å². The Morgan fingerprint density at radius 1 is 1.24 bits per heavy atom. The van der Waals surface area contributed by atoms with Crippen LogP contribution in [-0.2, 0) is 4.79 Å². The Balaban J connectivity index is 1.89. The second kappa shape index (κ2) is 8.44. The van der Waals surface area contributed by atoms with Gasteiger partial charge in [0.25, 0.3) is 11.6 Å². The summed E-state index contributed by atoms with van der Waals surface area (Å²) in [6.07, 6.45) is 0. The lowest BCUT2D eigenvalue weighted by molar-refractivity contribution is -0.384. The molecular weight excluding hydrogens is 324 g/mol. The molecule has 130 valence electrons. The lowest BCUT2D eigenvalue weighted by atomic mass is 10.1. The van der Waals surface area contributed by atoms with E-state index < -0.39 is 4.92 Å². The predicted octanol–water partition coefficient (Wildman–Crippen LogP) is 2.56. The van der Waals surface area contributed by atoms with Crippen molar-refractivity contribution in [2.45, 2.75) is 6.92 Å². The molecule has 0 saturated heterocycles. The van der Waals surface area contributed by atoms with Crippen molar-refractivity contribution in [3.05, 3.63) is 64.2 Å². The van der Waals surface area contributed by atoms with Gasteiger partial charge in [-0.25, -0.2) is 5.43 Å². The molecule has 0 aromatic heterocycles. The van der Waals surface area contributed by atoms with Gasteiger partial charge >= 0.3 is 0 Å². The van der Waals surface area contributed by atoms with E-state index in [0.29, 0.717) is 17.0 Å². The summed E-state index contributed by atoms with van der Waals surface area (Å²) >= 11 is 0. The van der Waals surface area contributed by atoms with Crippen molar-refractivity contribution >= 4 is 23.0 Å². The third-order valence-corrected chi connectivity index (χ3v) is 3.37. The fraction of sp³-hybridized carbons (Fsp3) is 0.176. The molecule has 8 nitrogen and oxygen atoms in total. The molecule has 0 aliphatic rings. The third kappa shape index (κ3) is 5.31. The highest BCUT2D eigenvalue weighted by molar-refractivity contribution is 5.99. The van der Waals surface area contributed by atoms with Crippen LogP contribution in [0.2, 0.25) is 0 Å². The fourth-order valence-corrected chi connectivity index (χ4v) is 1.99. The summed E-state index contributed by atoms with van der Waals surface area (Å²) in [7, 11) is 1.57. The topological polar surface area (TPSA) is 106 Å². The normalized spacial score (nSPS) is 10.9. The zero-order valence-corrected chi connectivity index (χ0v) is 13.9. The standard InChI is InChI=1S/C17H18N4O4/c1-12(13-6-8-15(9-7-13)21(23)24)19-20-17(22)11-18-14-4-3-5-16(10-14)25-2/h3-10,18H,11H2,1-2H3,(H,20,22)/b19-12-. The first kappa shape index (κ1) is 17.9. The molecule has 8 heteroatoms. The van der Waals surface area contributed by atoms with E-state index in [1.165, 1.54) is 12.1 Å². The molecule has 0 bridgehead atoms. The van der Waals surface area contributed by atoms with E-state index >= 15 is 0 Å². The Labute approximate surface area is 144 Å². The first-order chi connectivity index (χ1) is 12.0. The van der Waals surface area contributed by atoms with Crippen LogP contribution in [-0.4, -0.2) is 30.2 Å². The van der Waals surface area contributed by atoms with Gasteiger partial charge in [0.2, 0.25) is 0 Å². The summed E-state index contributed by atoms with van der Waals surface area (Å²) in [6, 6.07) is 13.2. The minimum absolute atomic E-state index is 0.00285. The maximum atomic E-state index is 11.8. The van der Waals surface area contributed by atoms with Crippen molar-refractivity contribution in [1.29, 1.82) is 0 Å². The Kier molecular flexibility index (Phi) is 6.05. The molecule has 0 aliphatic heterocycles. The number of hydrogen-bond donors (Lipinski definition) is 2. The summed E-state index contributed by atoms with van der Waals surface area (Å²) in [5, 5.41) is 17.6. The van der Waals surface area contributed by atoms with Crippen molar-refractivity contribution < 1.29 is 14.5 Å². The van der Waals surface area contributed by atoms with Gasteiger partial charge in [0, 0.05) is 23.9 Å². The molecule has 0 saturated carbocycles. The fourth-order valence-electron chi connectivity index (χ4n) is 1.99. The number of nitrogens with zero attached hydrogens (tertiary/aromatic N) is 2. The number of nitrogens with one attached hydrogen (secondary N) is 2. The number of hydrogen-bond acceptors (Lipinski definition) is 6. The van der Waals surface area contributed by atoms with E-state index in [1.807, 2.05) is 18.2 Å². The van der Waals surface area contributed by atoms with E-state index in [4.69, 9.17) is 4.74 Å². The minimum Gasteiger partial charge on any atom is -0.497 e. The minimum atomic E-state index is -0.470. The maximum Gasteiger partial charge on any atom is 0.269 e. The smallest absolute Gasteiger partial charge is 0.269 e. The summed E-state index contributed by atoms with van der Waals surface area (Å²) in [4.78, 5) is 22.0. The van der Waals surface area contributed by atoms with Crippen molar-refractivity contribution in [3.8, 4) is 5.75 Å². The molecule has 0 atom stereocenters. The molecule has 0 aliphatic carbocycles. The number of non-ortho nitro benzene ring substituents is 1. The zero-order chi connectivity index (χ0) is 18.2. The summed E-state index contributed by atoms with van der Waals surface area (Å²) in [6.45, 7) is 1.75. The van der Waals surface area contributed by atoms with Crippen LogP contribution in [0.25, 0.3) is 0 Å². The van der Waals surface area contributed by atoms with E-state index in [2.05, 4.69) is 15.8 Å². The van der Waals surface area contributed by atoms with Gasteiger partial charge in [0.05, 0.1) is 24.3 Å². The zero-order valence-electron chi connectivity index (χ0n) is 13.9. The first-order valence-electron chi connectivity index (χ1n) is 7.45. The van der Waals surface area contributed by atoms with E-state index in [-0.39, 0.29) is 18.1 Å². The molecule has 0 spiro atoms. The van der Waals surface area contributed by atoms with E-state index in [9.17, 15) is 14.9 Å². The van der Waals surface area contributed by atoms with Gasteiger partial charge in [0.1, 0.15) is 5.75 Å². The summed E-state index contributed by atoms with van der Waals surface area (Å²) in [5.74, 6) is 0.376. The summed E-state index contributed by atoms with van der Waals surface area (Å²) < 4.78 is 5.11. The molecule has 0 radical (unpaired) electrons. The molecule has 2 aromatic rings. The number of methoxy groups -OCH3 is 1. The quantitative estimate of drug-likeness (QED) is 0.457. The second-order valence-corrected chi connectivity index (χ2v) is 5.12. The Morgan fingerprint density at radius 3 is 2.60 bits per heavy atom. The van der Waals surface area contributed by atoms with Gasteiger partial charge in [-0.2, -0.15) is 5.10 Å². The number of nitro groups is 1. The first-order valence-corrected chi connectivity index (χ1v) is 7.45. The van der Waals surface area contributed by atoms with Crippen LogP contribution >= 0.6 is 0 Å². The molecule has 0 unspecified atom stereocenters. The number of hydrazone groups is 1. The SMILES string of the molecule is COc1cccc(NCC(=O)N/N=C(/C)c2ccc([N+](=O)[O-])cc2)c1. The van der Waals surface area contributed by atoms with Gasteiger partial charge < -0.3 is 10.1 Å². The van der Waals surface area contributed by atoms with E-state index in [1.54, 1.807) is 32.2 Å². The largest absolute Gasteiger partial charge is 0.497 e. The molecule has 2 N–H and O–H groups in total. The molecule has 2 rings (SSSR count). The number of carbonyl (C=O) groups excluding carboxylic acids is 1. The monoisotopic (exact) mass is 342 g/mol. The molecule has 1 amide bonds. The predicted molar refractivity (Wildman–Crippen MR) is 94.9 cm³/mol. The molecule has 0 fully saturated rings. The Bertz CT molecular complexity index is 787. The number of nitro benzene ring substituents is 1. The average Bonchev–Trinajstić information content (AvgIpc) is 2.64. The van der Waals surface area contributed by atoms with Gasteiger partial charge in [0.15, 0.2) is 0 Å². The van der Waals surface area contributed by atoms with Crippen molar-refractivity contribution in [1.82, 2.24) is 5.43 Å². The van der Waals surface area contributed by atoms with Crippen molar-refractivity contribution in [3.63, 3.8) is 0 Å². The van der Waals surface area contributed by atoms with E-state index in [0.717, 1.165) is 5.69 Å². The molecule has 25 heavy (non-hydrogen) atoms. The number of ether oxygens (including phenoxy) is 1. The second-order valence-electron chi connectivity index (χ2n) is 5.12. The molecule has 2 aromatic carbocycles. The highest BCUT2D eigenvalue weighted by Gasteiger charge is 2.06. The molecule has 0 heterocycles. The van der Waals surface area contributed by atoms with Crippen LogP contribution in [0.4, 0.5) is 11.4 Å². The van der Waals surface area contributed by atoms with Crippen LogP contribution in [0.5, 0.6) is 5.75 Å². The third-order valence-electron chi connectivity index (χ3n) is 3.37. The van der Waals surface area contributed by atoms with Crippen LogP contribution in [0.1, 0.15) is 12.5 Å². The van der Waals surface area contributed by atoms with Crippen molar-refractivity contribution in [2.24, 2.45) is 5.10 Å². The highest BCUT2D eigenvalue weighted by atomic mass is 16.6. The lowest BCUT2D eigenvalue weighted by Gasteiger charge is -2.07. The Hall–Kier alpha value is -3.42. The number of anilines is 1. The maximum absolute atomic E-state index is 11.8. The van der Waals surface area contributed by atoms with Crippen LogP contribution in [0.15, 0.2) is 53.6 Å². The van der Waals surface area contributed by atoms with Crippen LogP contribution < -0.4 is 15.5 Å². The summed E-state index contributed by atoms with van der Waals surface area (Å²) in [5.41, 5.74) is 4.43. The average molecular weight is 342 g/mol.